The molecule has 0 spiro atoms. The fourth-order valence-corrected chi connectivity index (χ4v) is 2.39. The molecule has 0 aliphatic heterocycles. The van der Waals surface area contributed by atoms with Crippen LogP contribution in [-0.2, 0) is 11.2 Å². The second-order valence-electron chi connectivity index (χ2n) is 5.08. The average Bonchev–Trinajstić information content (AvgIpc) is 2.55. The number of hydrogen-bond donors (Lipinski definition) is 2. The molecule has 3 N–H and O–H groups in total. The number of halogens is 2. The fraction of sp³-hybridized carbons (Fsp3) is 0.176. The molecule has 0 saturated heterocycles. The number of nitrogens with two attached hydrogens (primary N) is 1. The first-order chi connectivity index (χ1) is 11.0. The van der Waals surface area contributed by atoms with Crippen molar-refractivity contribution in [3.05, 3.63) is 69.2 Å². The first kappa shape index (κ1) is 17.7. The number of carbonyl (C=O) groups excluding carboxylic acids is 2. The summed E-state index contributed by atoms with van der Waals surface area (Å²) in [6.07, 6.45) is 0.384. The van der Waals surface area contributed by atoms with Crippen molar-refractivity contribution in [1.82, 2.24) is 5.32 Å². The highest BCUT2D eigenvalue weighted by Gasteiger charge is 2.15. The Kier molecular flexibility index (Phi) is 6.33. The van der Waals surface area contributed by atoms with E-state index in [1.807, 2.05) is 12.1 Å². The lowest BCUT2D eigenvalue weighted by Gasteiger charge is -2.12. The summed E-state index contributed by atoms with van der Waals surface area (Å²) >= 11 is 9.12. The van der Waals surface area contributed by atoms with Crippen LogP contribution in [0.15, 0.2) is 53.0 Å². The molecule has 0 fully saturated rings. The number of hydrogen-bond acceptors (Lipinski definition) is 3. The van der Waals surface area contributed by atoms with Gasteiger partial charge in [0.2, 0.25) is 5.91 Å². The van der Waals surface area contributed by atoms with E-state index in [4.69, 9.17) is 17.3 Å². The SMILES string of the molecule is N[C@@H](Cc1ccc(Cl)cc1)C(=O)NCC(=O)c1ccc(Br)cc1. The van der Waals surface area contributed by atoms with Gasteiger partial charge < -0.3 is 11.1 Å². The van der Waals surface area contributed by atoms with Crippen molar-refractivity contribution in [3.63, 3.8) is 0 Å². The van der Waals surface area contributed by atoms with Crippen LogP contribution in [0.1, 0.15) is 15.9 Å². The van der Waals surface area contributed by atoms with Crippen molar-refractivity contribution in [2.24, 2.45) is 5.73 Å². The summed E-state index contributed by atoms with van der Waals surface area (Å²) in [6.45, 7) is -0.0746. The summed E-state index contributed by atoms with van der Waals surface area (Å²) in [5.74, 6) is -0.519. The fourth-order valence-electron chi connectivity index (χ4n) is 2.00. The van der Waals surface area contributed by atoms with Gasteiger partial charge in [0.05, 0.1) is 12.6 Å². The Labute approximate surface area is 148 Å². The van der Waals surface area contributed by atoms with Gasteiger partial charge in [-0.3, -0.25) is 9.59 Å². The topological polar surface area (TPSA) is 72.2 Å². The van der Waals surface area contributed by atoms with Crippen LogP contribution >= 0.6 is 27.5 Å². The highest BCUT2D eigenvalue weighted by atomic mass is 79.9. The third-order valence-electron chi connectivity index (χ3n) is 3.30. The minimum absolute atomic E-state index is 0.0746. The van der Waals surface area contributed by atoms with Gasteiger partial charge in [-0.2, -0.15) is 0 Å². The number of carbonyl (C=O) groups is 2. The van der Waals surface area contributed by atoms with Crippen molar-refractivity contribution >= 4 is 39.2 Å². The molecule has 0 aliphatic carbocycles. The largest absolute Gasteiger partial charge is 0.347 e. The first-order valence-electron chi connectivity index (χ1n) is 7.02. The van der Waals surface area contributed by atoms with Crippen molar-refractivity contribution in [1.29, 1.82) is 0 Å². The molecule has 4 nitrogen and oxygen atoms in total. The molecule has 23 heavy (non-hydrogen) atoms. The molecule has 0 radical (unpaired) electrons. The highest BCUT2D eigenvalue weighted by Crippen LogP contribution is 2.12. The van der Waals surface area contributed by atoms with Crippen LogP contribution in [0.4, 0.5) is 0 Å². The summed E-state index contributed by atoms with van der Waals surface area (Å²) in [5, 5.41) is 3.21. The van der Waals surface area contributed by atoms with Gasteiger partial charge in [0, 0.05) is 15.1 Å². The van der Waals surface area contributed by atoms with E-state index < -0.39 is 6.04 Å². The van der Waals surface area contributed by atoms with Gasteiger partial charge in [0.15, 0.2) is 5.78 Å². The predicted molar refractivity (Wildman–Crippen MR) is 94.6 cm³/mol. The van der Waals surface area contributed by atoms with Crippen molar-refractivity contribution in [2.45, 2.75) is 12.5 Å². The molecule has 2 aromatic carbocycles. The molecule has 120 valence electrons. The van der Waals surface area contributed by atoms with E-state index in [2.05, 4.69) is 21.2 Å². The quantitative estimate of drug-likeness (QED) is 0.739. The molecule has 0 aliphatic rings. The Morgan fingerprint density at radius 2 is 1.70 bits per heavy atom. The van der Waals surface area contributed by atoms with Gasteiger partial charge in [0.1, 0.15) is 0 Å². The van der Waals surface area contributed by atoms with Crippen LogP contribution in [0.25, 0.3) is 0 Å². The minimum atomic E-state index is -0.714. The van der Waals surface area contributed by atoms with Gasteiger partial charge in [0.25, 0.3) is 0 Å². The van der Waals surface area contributed by atoms with Gasteiger partial charge in [-0.1, -0.05) is 51.8 Å². The van der Waals surface area contributed by atoms with Crippen LogP contribution < -0.4 is 11.1 Å². The van der Waals surface area contributed by atoms with Crippen molar-refractivity contribution in [3.8, 4) is 0 Å². The van der Waals surface area contributed by atoms with E-state index >= 15 is 0 Å². The third-order valence-corrected chi connectivity index (χ3v) is 4.08. The molecule has 0 heterocycles. The number of benzene rings is 2. The zero-order valence-corrected chi connectivity index (χ0v) is 14.6. The van der Waals surface area contributed by atoms with Crippen LogP contribution in [0.5, 0.6) is 0 Å². The van der Waals surface area contributed by atoms with Crippen LogP contribution in [0.2, 0.25) is 5.02 Å². The molecular weight excluding hydrogens is 380 g/mol. The Balaban J connectivity index is 1.84. The molecule has 6 heteroatoms. The molecule has 2 aromatic rings. The maximum Gasteiger partial charge on any atom is 0.237 e. The Morgan fingerprint density at radius 3 is 2.30 bits per heavy atom. The lowest BCUT2D eigenvalue weighted by molar-refractivity contribution is -0.122. The van der Waals surface area contributed by atoms with Gasteiger partial charge in [-0.25, -0.2) is 0 Å². The predicted octanol–water partition coefficient (Wildman–Crippen LogP) is 2.97. The number of amides is 1. The second-order valence-corrected chi connectivity index (χ2v) is 6.44. The van der Waals surface area contributed by atoms with Gasteiger partial charge >= 0.3 is 0 Å². The van der Waals surface area contributed by atoms with Crippen LogP contribution in [-0.4, -0.2) is 24.3 Å². The van der Waals surface area contributed by atoms with E-state index in [1.54, 1.807) is 36.4 Å². The summed E-state index contributed by atoms with van der Waals surface area (Å²) in [4.78, 5) is 24.0. The lowest BCUT2D eigenvalue weighted by Crippen LogP contribution is -2.43. The summed E-state index contributed by atoms with van der Waals surface area (Å²) in [7, 11) is 0. The van der Waals surface area contributed by atoms with Crippen molar-refractivity contribution in [2.75, 3.05) is 6.54 Å². The zero-order chi connectivity index (χ0) is 16.8. The lowest BCUT2D eigenvalue weighted by atomic mass is 10.1. The smallest absolute Gasteiger partial charge is 0.237 e. The van der Waals surface area contributed by atoms with Gasteiger partial charge in [-0.05, 0) is 36.2 Å². The van der Waals surface area contributed by atoms with E-state index in [-0.39, 0.29) is 18.2 Å². The molecule has 0 unspecified atom stereocenters. The molecular formula is C17H16BrClN2O2. The number of nitrogens with one attached hydrogen (secondary N) is 1. The van der Waals surface area contributed by atoms with E-state index in [1.165, 1.54) is 0 Å². The molecule has 0 bridgehead atoms. The Bertz CT molecular complexity index is 687. The third kappa shape index (κ3) is 5.46. The second kappa shape index (κ2) is 8.24. The van der Waals surface area contributed by atoms with E-state index in [9.17, 15) is 9.59 Å². The van der Waals surface area contributed by atoms with Crippen LogP contribution in [0.3, 0.4) is 0 Å². The Hall–Kier alpha value is -1.69. The number of rotatable bonds is 6. The standard InChI is InChI=1S/C17H16BrClN2O2/c18-13-5-3-12(4-6-13)16(22)10-21-17(23)15(20)9-11-1-7-14(19)8-2-11/h1-8,15H,9-10,20H2,(H,21,23)/t15-/m0/s1. The zero-order valence-electron chi connectivity index (χ0n) is 12.3. The average molecular weight is 396 g/mol. The van der Waals surface area contributed by atoms with Crippen molar-refractivity contribution < 1.29 is 9.59 Å². The molecule has 2 rings (SSSR count). The van der Waals surface area contributed by atoms with Crippen LogP contribution in [0, 0.1) is 0 Å². The normalized spacial score (nSPS) is 11.8. The number of Topliss-reactive ketones (excluding diaryl/α,β-unsaturated/α-hetero) is 1. The Morgan fingerprint density at radius 1 is 1.09 bits per heavy atom. The molecule has 0 aromatic heterocycles. The molecule has 0 saturated carbocycles. The summed E-state index contributed by atoms with van der Waals surface area (Å²) < 4.78 is 0.892. The number of ketones is 1. The maximum atomic E-state index is 12.0. The van der Waals surface area contributed by atoms with Gasteiger partial charge in [-0.15, -0.1) is 0 Å². The summed E-state index contributed by atoms with van der Waals surface area (Å²) in [5.41, 5.74) is 7.32. The first-order valence-corrected chi connectivity index (χ1v) is 8.19. The maximum absolute atomic E-state index is 12.0. The molecule has 1 atom stereocenters. The van der Waals surface area contributed by atoms with E-state index in [0.29, 0.717) is 17.0 Å². The van der Waals surface area contributed by atoms with E-state index in [0.717, 1.165) is 10.0 Å². The highest BCUT2D eigenvalue weighted by molar-refractivity contribution is 9.10. The summed E-state index contributed by atoms with van der Waals surface area (Å²) in [6, 6.07) is 13.4. The monoisotopic (exact) mass is 394 g/mol. The molecule has 1 amide bonds. The minimum Gasteiger partial charge on any atom is -0.347 e.